The molecule has 0 radical (unpaired) electrons. The van der Waals surface area contributed by atoms with Crippen molar-refractivity contribution < 1.29 is 18.7 Å². The summed E-state index contributed by atoms with van der Waals surface area (Å²) in [5, 5.41) is 3.00. The van der Waals surface area contributed by atoms with E-state index < -0.39 is 0 Å². The Labute approximate surface area is 164 Å². The van der Waals surface area contributed by atoms with Gasteiger partial charge in [-0.3, -0.25) is 9.59 Å². The molecule has 3 rings (SSSR count). The van der Waals surface area contributed by atoms with Crippen LogP contribution >= 0.6 is 0 Å². The fraction of sp³-hybridized carbons (Fsp3) is 0.364. The number of carbonyl (C=O) groups excluding carboxylic acids is 2. The molecule has 0 aromatic heterocycles. The molecule has 1 N–H and O–H groups in total. The lowest BCUT2D eigenvalue weighted by Gasteiger charge is -2.32. The number of halogens is 1. The first-order chi connectivity index (χ1) is 13.5. The molecule has 28 heavy (non-hydrogen) atoms. The van der Waals surface area contributed by atoms with Crippen LogP contribution in [-0.4, -0.2) is 42.5 Å². The van der Waals surface area contributed by atoms with Crippen LogP contribution in [0.4, 0.5) is 4.39 Å². The van der Waals surface area contributed by atoms with Gasteiger partial charge in [0, 0.05) is 19.1 Å². The molecular formula is C22H25FN2O3. The SMILES string of the molecule is Cc1ccc(OCC(=O)N2CCC(NC(=O)Cc3ccc(F)cc3)CC2)cc1. The normalized spacial score (nSPS) is 14.6. The van der Waals surface area contributed by atoms with E-state index in [1.165, 1.54) is 12.1 Å². The highest BCUT2D eigenvalue weighted by atomic mass is 19.1. The lowest BCUT2D eigenvalue weighted by molar-refractivity contribution is -0.134. The van der Waals surface area contributed by atoms with Gasteiger partial charge in [0.05, 0.1) is 6.42 Å². The average molecular weight is 384 g/mol. The summed E-state index contributed by atoms with van der Waals surface area (Å²) in [6.45, 7) is 3.21. The summed E-state index contributed by atoms with van der Waals surface area (Å²) in [7, 11) is 0. The Morgan fingerprint density at radius 2 is 1.71 bits per heavy atom. The summed E-state index contributed by atoms with van der Waals surface area (Å²) in [5.74, 6) is 0.241. The molecule has 0 saturated carbocycles. The number of amides is 2. The van der Waals surface area contributed by atoms with Crippen molar-refractivity contribution in [3.63, 3.8) is 0 Å². The molecule has 2 aromatic carbocycles. The van der Waals surface area contributed by atoms with Gasteiger partial charge in [0.1, 0.15) is 11.6 Å². The predicted molar refractivity (Wildman–Crippen MR) is 105 cm³/mol. The predicted octanol–water partition coefficient (Wildman–Crippen LogP) is 2.86. The summed E-state index contributed by atoms with van der Waals surface area (Å²) < 4.78 is 18.5. The fourth-order valence-electron chi connectivity index (χ4n) is 3.21. The Morgan fingerprint density at radius 1 is 1.07 bits per heavy atom. The molecule has 148 valence electrons. The zero-order valence-electron chi connectivity index (χ0n) is 16.0. The van der Waals surface area contributed by atoms with Gasteiger partial charge in [-0.1, -0.05) is 29.8 Å². The van der Waals surface area contributed by atoms with E-state index in [0.29, 0.717) is 31.7 Å². The molecule has 0 aliphatic carbocycles. The summed E-state index contributed by atoms with van der Waals surface area (Å²) >= 11 is 0. The number of rotatable bonds is 6. The molecule has 2 aromatic rings. The summed E-state index contributed by atoms with van der Waals surface area (Å²) in [6.07, 6.45) is 1.65. The van der Waals surface area contributed by atoms with Crippen LogP contribution in [0.5, 0.6) is 5.75 Å². The Balaban J connectivity index is 1.38. The van der Waals surface area contributed by atoms with Crippen molar-refractivity contribution in [1.29, 1.82) is 0 Å². The smallest absolute Gasteiger partial charge is 0.260 e. The zero-order chi connectivity index (χ0) is 19.9. The highest BCUT2D eigenvalue weighted by Crippen LogP contribution is 2.14. The molecule has 5 nitrogen and oxygen atoms in total. The van der Waals surface area contributed by atoms with Crippen LogP contribution in [0, 0.1) is 12.7 Å². The van der Waals surface area contributed by atoms with E-state index in [1.54, 1.807) is 17.0 Å². The first-order valence-corrected chi connectivity index (χ1v) is 9.50. The summed E-state index contributed by atoms with van der Waals surface area (Å²) in [5.41, 5.74) is 1.92. The minimum atomic E-state index is -0.312. The number of hydrogen-bond donors (Lipinski definition) is 1. The molecule has 1 aliphatic heterocycles. The standard InChI is InChI=1S/C22H25FN2O3/c1-16-2-8-20(9-3-16)28-15-22(27)25-12-10-19(11-13-25)24-21(26)14-17-4-6-18(23)7-5-17/h2-9,19H,10-15H2,1H3,(H,24,26). The van der Waals surface area contributed by atoms with Gasteiger partial charge in [0.15, 0.2) is 6.61 Å². The third-order valence-electron chi connectivity index (χ3n) is 4.87. The van der Waals surface area contributed by atoms with Gasteiger partial charge < -0.3 is 15.0 Å². The van der Waals surface area contributed by atoms with E-state index in [4.69, 9.17) is 4.74 Å². The fourth-order valence-corrected chi connectivity index (χ4v) is 3.21. The number of carbonyl (C=O) groups is 2. The van der Waals surface area contributed by atoms with Gasteiger partial charge in [-0.2, -0.15) is 0 Å². The van der Waals surface area contributed by atoms with Crippen LogP contribution in [0.2, 0.25) is 0 Å². The summed E-state index contributed by atoms with van der Waals surface area (Å²) in [4.78, 5) is 26.3. The van der Waals surface area contributed by atoms with Crippen LogP contribution in [-0.2, 0) is 16.0 Å². The molecule has 2 amide bonds. The number of likely N-dealkylation sites (tertiary alicyclic amines) is 1. The molecule has 1 fully saturated rings. The minimum absolute atomic E-state index is 0.0185. The quantitative estimate of drug-likeness (QED) is 0.833. The van der Waals surface area contributed by atoms with E-state index in [1.807, 2.05) is 31.2 Å². The van der Waals surface area contributed by atoms with E-state index in [9.17, 15) is 14.0 Å². The largest absolute Gasteiger partial charge is 0.484 e. The minimum Gasteiger partial charge on any atom is -0.484 e. The molecule has 0 spiro atoms. The number of piperidine rings is 1. The summed E-state index contributed by atoms with van der Waals surface area (Å²) in [6, 6.07) is 13.6. The van der Waals surface area contributed by atoms with Crippen molar-refractivity contribution in [1.82, 2.24) is 10.2 Å². The molecule has 1 saturated heterocycles. The van der Waals surface area contributed by atoms with Gasteiger partial charge in [0.25, 0.3) is 5.91 Å². The van der Waals surface area contributed by atoms with Crippen LogP contribution in [0.15, 0.2) is 48.5 Å². The second-order valence-corrected chi connectivity index (χ2v) is 7.13. The highest BCUT2D eigenvalue weighted by Gasteiger charge is 2.24. The number of benzene rings is 2. The van der Waals surface area contributed by atoms with Crippen molar-refractivity contribution in [2.45, 2.75) is 32.2 Å². The third-order valence-corrected chi connectivity index (χ3v) is 4.87. The Hall–Kier alpha value is -2.89. The Morgan fingerprint density at radius 3 is 2.36 bits per heavy atom. The Kier molecular flexibility index (Phi) is 6.63. The first kappa shape index (κ1) is 19.9. The van der Waals surface area contributed by atoms with Crippen LogP contribution in [0.1, 0.15) is 24.0 Å². The second kappa shape index (κ2) is 9.35. The van der Waals surface area contributed by atoms with Gasteiger partial charge in [-0.15, -0.1) is 0 Å². The number of nitrogens with zero attached hydrogens (tertiary/aromatic N) is 1. The number of ether oxygens (including phenoxy) is 1. The monoisotopic (exact) mass is 384 g/mol. The van der Waals surface area contributed by atoms with Crippen LogP contribution in [0.25, 0.3) is 0 Å². The van der Waals surface area contributed by atoms with Gasteiger partial charge >= 0.3 is 0 Å². The maximum absolute atomic E-state index is 12.9. The van der Waals surface area contributed by atoms with Gasteiger partial charge in [0.2, 0.25) is 5.91 Å². The Bertz CT molecular complexity index is 798. The molecule has 0 bridgehead atoms. The van der Waals surface area contributed by atoms with Crippen molar-refractivity contribution in [2.24, 2.45) is 0 Å². The molecule has 6 heteroatoms. The van der Waals surface area contributed by atoms with Gasteiger partial charge in [-0.25, -0.2) is 4.39 Å². The third kappa shape index (κ3) is 5.81. The van der Waals surface area contributed by atoms with Gasteiger partial charge in [-0.05, 0) is 49.6 Å². The highest BCUT2D eigenvalue weighted by molar-refractivity contribution is 5.79. The van der Waals surface area contributed by atoms with Crippen molar-refractivity contribution in [3.8, 4) is 5.75 Å². The van der Waals surface area contributed by atoms with Crippen molar-refractivity contribution in [3.05, 3.63) is 65.5 Å². The number of aryl methyl sites for hydroxylation is 1. The topological polar surface area (TPSA) is 58.6 Å². The second-order valence-electron chi connectivity index (χ2n) is 7.13. The van der Waals surface area contributed by atoms with Crippen LogP contribution < -0.4 is 10.1 Å². The van der Waals surface area contributed by atoms with Crippen molar-refractivity contribution in [2.75, 3.05) is 19.7 Å². The lowest BCUT2D eigenvalue weighted by atomic mass is 10.0. The molecule has 1 aliphatic rings. The van der Waals surface area contributed by atoms with Crippen molar-refractivity contribution >= 4 is 11.8 Å². The van der Waals surface area contributed by atoms with E-state index in [2.05, 4.69) is 5.32 Å². The first-order valence-electron chi connectivity index (χ1n) is 9.50. The maximum Gasteiger partial charge on any atom is 0.260 e. The maximum atomic E-state index is 12.9. The van der Waals surface area contributed by atoms with Crippen LogP contribution in [0.3, 0.4) is 0 Å². The zero-order valence-corrected chi connectivity index (χ0v) is 16.0. The molecule has 0 atom stereocenters. The molecule has 1 heterocycles. The van der Waals surface area contributed by atoms with E-state index in [-0.39, 0.29) is 36.7 Å². The lowest BCUT2D eigenvalue weighted by Crippen LogP contribution is -2.48. The number of nitrogens with one attached hydrogen (secondary N) is 1. The molecular weight excluding hydrogens is 359 g/mol. The van der Waals surface area contributed by atoms with E-state index in [0.717, 1.165) is 11.1 Å². The average Bonchev–Trinajstić information content (AvgIpc) is 2.69. The number of hydrogen-bond acceptors (Lipinski definition) is 3. The molecule has 0 unspecified atom stereocenters. The van der Waals surface area contributed by atoms with E-state index >= 15 is 0 Å².